The van der Waals surface area contributed by atoms with E-state index in [1.807, 2.05) is 0 Å². The fourth-order valence-electron chi connectivity index (χ4n) is 7.52. The number of methoxy groups -OCH3 is 3. The second-order valence-corrected chi connectivity index (χ2v) is 14.9. The minimum absolute atomic E-state index is 0. The molecule has 0 atom stereocenters. The third-order valence-electron chi connectivity index (χ3n) is 10.5. The highest BCUT2D eigenvalue weighted by Crippen LogP contribution is 2.45. The number of fused-ring (bicyclic) bond motifs is 3. The predicted molar refractivity (Wildman–Crippen MR) is 248 cm³/mol. The summed E-state index contributed by atoms with van der Waals surface area (Å²) in [5.41, 5.74) is 4.40. The highest BCUT2D eigenvalue weighted by atomic mass is 16.7. The van der Waals surface area contributed by atoms with E-state index in [4.69, 9.17) is 47.4 Å². The van der Waals surface area contributed by atoms with Gasteiger partial charge in [0.15, 0.2) is 57.5 Å². The summed E-state index contributed by atoms with van der Waals surface area (Å²) in [5.74, 6) is 6.67. The monoisotopic (exact) mass is 970 g/mol. The number of benzene rings is 3. The Labute approximate surface area is 400 Å². The highest BCUT2D eigenvalue weighted by molar-refractivity contribution is 6.09. The molecule has 6 rings (SSSR count). The Morgan fingerprint density at radius 3 is 1.35 bits per heavy atom. The average Bonchev–Trinajstić information content (AvgIpc) is 3.98. The second kappa shape index (κ2) is 28.6. The van der Waals surface area contributed by atoms with Gasteiger partial charge in [0.1, 0.15) is 51.2 Å². The van der Waals surface area contributed by atoms with Gasteiger partial charge in [0, 0.05) is 74.5 Å². The predicted octanol–water partition coefficient (Wildman–Crippen LogP) is 4.44. The number of ketones is 6. The Morgan fingerprint density at radius 2 is 0.971 bits per heavy atom. The van der Waals surface area contributed by atoms with Crippen LogP contribution in [-0.4, -0.2) is 125 Å². The molecule has 0 bridgehead atoms. The van der Waals surface area contributed by atoms with Crippen LogP contribution in [0.2, 0.25) is 0 Å². The standard InChI is InChI=1S/C17H22O5.C16H18O7.C16H16O5.3H2O/c1-5-11(6-2)15-12(10(3)18)7-14-16(13(19)8-21-14)17(15)22-9-20-4;1-9(17)12-6-14-15(13(19)7-22-14)16(23-8-20-3)11(12)4-5-21-10(2)18;1-4-5-6-11-12(10(2)17)7-14-15(13(18)8-20-14)16(11)21-9-19-3;;;/h7,11H,5-6,8-9H2,1-4H3;6H,4-5,7-8H2,1-3H3;7H,6,8-9H2,1-3H3;3*1H2. The van der Waals surface area contributed by atoms with E-state index in [-0.39, 0.29) is 116 Å². The van der Waals surface area contributed by atoms with Crippen LogP contribution in [0.3, 0.4) is 0 Å². The van der Waals surface area contributed by atoms with E-state index >= 15 is 0 Å². The zero-order valence-electron chi connectivity index (χ0n) is 40.5. The number of rotatable bonds is 19. The molecular formula is C49H62O20. The molecule has 3 heterocycles. The summed E-state index contributed by atoms with van der Waals surface area (Å²) in [6.45, 7) is 11.4. The lowest BCUT2D eigenvalue weighted by atomic mass is 9.85. The van der Waals surface area contributed by atoms with Crippen molar-refractivity contribution in [3.05, 3.63) is 68.3 Å². The van der Waals surface area contributed by atoms with Gasteiger partial charge in [-0.25, -0.2) is 0 Å². The maximum absolute atomic E-state index is 12.2. The van der Waals surface area contributed by atoms with E-state index in [1.165, 1.54) is 55.1 Å². The van der Waals surface area contributed by atoms with Gasteiger partial charge in [-0.05, 0) is 64.7 Å². The van der Waals surface area contributed by atoms with E-state index in [9.17, 15) is 33.6 Å². The number of carbonyl (C=O) groups is 7. The zero-order valence-corrected chi connectivity index (χ0v) is 40.5. The van der Waals surface area contributed by atoms with E-state index in [0.29, 0.717) is 79.7 Å². The average molecular weight is 971 g/mol. The normalized spacial score (nSPS) is 12.1. The Kier molecular flexibility index (Phi) is 25.0. The van der Waals surface area contributed by atoms with E-state index in [0.717, 1.165) is 18.4 Å². The van der Waals surface area contributed by atoms with Crippen molar-refractivity contribution in [3.63, 3.8) is 0 Å². The van der Waals surface area contributed by atoms with E-state index in [1.54, 1.807) is 19.1 Å². The molecule has 0 amide bonds. The van der Waals surface area contributed by atoms with Gasteiger partial charge in [-0.3, -0.25) is 33.6 Å². The van der Waals surface area contributed by atoms with E-state index in [2.05, 4.69) is 25.7 Å². The Hall–Kier alpha value is -6.73. The van der Waals surface area contributed by atoms with Crippen molar-refractivity contribution in [1.29, 1.82) is 0 Å². The van der Waals surface area contributed by atoms with Crippen LogP contribution in [0.25, 0.3) is 0 Å². The third-order valence-corrected chi connectivity index (χ3v) is 10.5. The summed E-state index contributed by atoms with van der Waals surface area (Å²) < 4.78 is 52.5. The molecule has 0 unspecified atom stereocenters. The molecule has 378 valence electrons. The van der Waals surface area contributed by atoms with Crippen LogP contribution in [-0.2, 0) is 36.6 Å². The summed E-state index contributed by atoms with van der Waals surface area (Å²) in [6, 6.07) is 4.80. The van der Waals surface area contributed by atoms with Gasteiger partial charge in [0.2, 0.25) is 17.3 Å². The lowest BCUT2D eigenvalue weighted by Gasteiger charge is -2.22. The number of ether oxygens (including phenoxy) is 10. The molecule has 6 N–H and O–H groups in total. The first-order chi connectivity index (χ1) is 31.6. The molecule has 0 aliphatic carbocycles. The van der Waals surface area contributed by atoms with Gasteiger partial charge in [0.25, 0.3) is 0 Å². The molecule has 3 aliphatic heterocycles. The number of hydrogen-bond acceptors (Lipinski definition) is 17. The van der Waals surface area contributed by atoms with Crippen LogP contribution < -0.4 is 28.4 Å². The van der Waals surface area contributed by atoms with Crippen LogP contribution in [0, 0.1) is 11.8 Å². The summed E-state index contributed by atoms with van der Waals surface area (Å²) in [5, 5.41) is 0. The quantitative estimate of drug-likeness (QED) is 0.0694. The lowest BCUT2D eigenvalue weighted by molar-refractivity contribution is -0.140. The molecule has 3 aliphatic rings. The summed E-state index contributed by atoms with van der Waals surface area (Å²) >= 11 is 0. The summed E-state index contributed by atoms with van der Waals surface area (Å²) in [7, 11) is 4.45. The smallest absolute Gasteiger partial charge is 0.302 e. The molecule has 0 fully saturated rings. The number of esters is 1. The molecule has 3 aromatic rings. The molecular weight excluding hydrogens is 909 g/mol. The highest BCUT2D eigenvalue weighted by Gasteiger charge is 2.35. The second-order valence-electron chi connectivity index (χ2n) is 14.9. The molecule has 0 saturated carbocycles. The van der Waals surface area contributed by atoms with Crippen molar-refractivity contribution < 1.29 is 97.4 Å². The minimum atomic E-state index is -0.422. The minimum Gasteiger partial charge on any atom is -0.485 e. The topological polar surface area (TPSA) is 306 Å². The number of Topliss-reactive ketones (excluding diaryl/α,β-unsaturated/α-hetero) is 6. The molecule has 0 radical (unpaired) electrons. The van der Waals surface area contributed by atoms with Gasteiger partial charge < -0.3 is 63.8 Å². The van der Waals surface area contributed by atoms with E-state index < -0.39 is 5.97 Å². The SMILES string of the molecule is CC#CCc1c(C(C)=O)cc2c(c1OCOC)C(=O)CO2.CCC(CC)c1c(C(C)=O)cc2c(c1OCOC)C(=O)CO2.COCOc1c(CCOC(C)=O)c(C(C)=O)cc2c1C(=O)CO2.O.O.O. The van der Waals surface area contributed by atoms with Crippen molar-refractivity contribution >= 4 is 40.7 Å². The van der Waals surface area contributed by atoms with Gasteiger partial charge >= 0.3 is 5.97 Å². The fourth-order valence-corrected chi connectivity index (χ4v) is 7.52. The number of carbonyl (C=O) groups excluding carboxylic acids is 7. The van der Waals surface area contributed by atoms with Gasteiger partial charge in [0.05, 0.1) is 6.61 Å². The molecule has 3 aromatic carbocycles. The lowest BCUT2D eigenvalue weighted by Crippen LogP contribution is -2.13. The Balaban J connectivity index is 0.000000507. The molecule has 69 heavy (non-hydrogen) atoms. The van der Waals surface area contributed by atoms with Crippen molar-refractivity contribution in [2.24, 2.45) is 0 Å². The summed E-state index contributed by atoms with van der Waals surface area (Å²) in [4.78, 5) is 83.0. The van der Waals surface area contributed by atoms with Crippen molar-refractivity contribution in [2.75, 3.05) is 68.1 Å². The van der Waals surface area contributed by atoms with Gasteiger partial charge in [-0.2, -0.15) is 0 Å². The fraction of sp³-hybridized carbons (Fsp3) is 0.449. The maximum atomic E-state index is 12.2. The molecule has 0 aromatic heterocycles. The zero-order chi connectivity index (χ0) is 48.7. The molecule has 20 heteroatoms. The Morgan fingerprint density at radius 1 is 0.594 bits per heavy atom. The van der Waals surface area contributed by atoms with Gasteiger partial charge in [-0.15, -0.1) is 5.92 Å². The van der Waals surface area contributed by atoms with Crippen molar-refractivity contribution in [1.82, 2.24) is 0 Å². The summed E-state index contributed by atoms with van der Waals surface area (Å²) in [6.07, 6.45) is 2.28. The first kappa shape index (κ1) is 60.3. The van der Waals surface area contributed by atoms with Crippen molar-refractivity contribution in [2.45, 2.75) is 80.1 Å². The van der Waals surface area contributed by atoms with Crippen LogP contribution in [0.4, 0.5) is 0 Å². The molecule has 0 spiro atoms. The first-order valence-corrected chi connectivity index (χ1v) is 21.1. The van der Waals surface area contributed by atoms with Crippen LogP contribution in [0.15, 0.2) is 18.2 Å². The Bertz CT molecular complexity index is 2420. The van der Waals surface area contributed by atoms with Crippen molar-refractivity contribution in [3.8, 4) is 46.3 Å². The third kappa shape index (κ3) is 14.4. The largest absolute Gasteiger partial charge is 0.485 e. The first-order valence-electron chi connectivity index (χ1n) is 21.1. The number of hydrogen-bond donors (Lipinski definition) is 0. The van der Waals surface area contributed by atoms with Crippen LogP contribution >= 0.6 is 0 Å². The van der Waals surface area contributed by atoms with Crippen LogP contribution in [0.1, 0.15) is 146 Å². The molecule has 0 saturated heterocycles. The van der Waals surface area contributed by atoms with Gasteiger partial charge in [-0.1, -0.05) is 19.8 Å². The van der Waals surface area contributed by atoms with Crippen LogP contribution in [0.5, 0.6) is 34.5 Å². The maximum Gasteiger partial charge on any atom is 0.302 e. The molecule has 20 nitrogen and oxygen atoms in total.